The minimum atomic E-state index is -0.299. The van der Waals surface area contributed by atoms with Crippen LogP contribution in [0.2, 0.25) is 0 Å². The monoisotopic (exact) mass is 239 g/mol. The van der Waals surface area contributed by atoms with E-state index >= 15 is 0 Å². The summed E-state index contributed by atoms with van der Waals surface area (Å²) in [6.07, 6.45) is 10.9. The van der Waals surface area contributed by atoms with Crippen molar-refractivity contribution in [2.45, 2.75) is 70.3 Å². The van der Waals surface area contributed by atoms with Crippen LogP contribution in [-0.4, -0.2) is 35.2 Å². The molecule has 2 nitrogen and oxygen atoms in total. The Morgan fingerprint density at radius 3 is 2.65 bits per heavy atom. The van der Waals surface area contributed by atoms with Crippen LogP contribution in [0.15, 0.2) is 0 Å². The van der Waals surface area contributed by atoms with Gasteiger partial charge < -0.3 is 10.0 Å². The summed E-state index contributed by atoms with van der Waals surface area (Å²) < 4.78 is 0. The SMILES string of the molecule is CCN1CCCC(CCC2(O)CCCCC2)C1. The summed E-state index contributed by atoms with van der Waals surface area (Å²) in [4.78, 5) is 2.57. The first kappa shape index (κ1) is 13.4. The lowest BCUT2D eigenvalue weighted by molar-refractivity contribution is -0.0117. The van der Waals surface area contributed by atoms with E-state index in [0.717, 1.165) is 25.2 Å². The smallest absolute Gasteiger partial charge is 0.0648 e. The maximum atomic E-state index is 10.5. The van der Waals surface area contributed by atoms with Gasteiger partial charge in [-0.05, 0) is 57.5 Å². The van der Waals surface area contributed by atoms with Gasteiger partial charge in [0.15, 0.2) is 0 Å². The van der Waals surface area contributed by atoms with Crippen molar-refractivity contribution >= 4 is 0 Å². The Balaban J connectivity index is 1.73. The van der Waals surface area contributed by atoms with Gasteiger partial charge in [-0.25, -0.2) is 0 Å². The molecule has 1 aliphatic carbocycles. The fourth-order valence-electron chi connectivity index (χ4n) is 3.61. The van der Waals surface area contributed by atoms with Crippen molar-refractivity contribution in [3.63, 3.8) is 0 Å². The molecule has 0 radical (unpaired) electrons. The van der Waals surface area contributed by atoms with Crippen LogP contribution in [-0.2, 0) is 0 Å². The highest BCUT2D eigenvalue weighted by molar-refractivity contribution is 4.84. The second-order valence-electron chi connectivity index (χ2n) is 6.23. The normalized spacial score (nSPS) is 30.4. The molecule has 2 rings (SSSR count). The van der Waals surface area contributed by atoms with Crippen LogP contribution < -0.4 is 0 Å². The fourth-order valence-corrected chi connectivity index (χ4v) is 3.61. The van der Waals surface area contributed by atoms with Crippen molar-refractivity contribution in [2.24, 2.45) is 5.92 Å². The van der Waals surface area contributed by atoms with Gasteiger partial charge in [-0.15, -0.1) is 0 Å². The first-order chi connectivity index (χ1) is 8.22. The van der Waals surface area contributed by atoms with Crippen molar-refractivity contribution in [1.29, 1.82) is 0 Å². The molecule has 1 saturated carbocycles. The number of aliphatic hydroxyl groups is 1. The van der Waals surface area contributed by atoms with Crippen molar-refractivity contribution < 1.29 is 5.11 Å². The van der Waals surface area contributed by atoms with Crippen LogP contribution >= 0.6 is 0 Å². The highest BCUT2D eigenvalue weighted by Gasteiger charge is 2.30. The van der Waals surface area contributed by atoms with Crippen LogP contribution in [0, 0.1) is 5.92 Å². The van der Waals surface area contributed by atoms with E-state index in [0.29, 0.717) is 0 Å². The minimum absolute atomic E-state index is 0.299. The molecule has 0 bridgehead atoms. The van der Waals surface area contributed by atoms with Crippen LogP contribution in [0.5, 0.6) is 0 Å². The zero-order chi connectivity index (χ0) is 12.1. The van der Waals surface area contributed by atoms with Gasteiger partial charge >= 0.3 is 0 Å². The Bertz CT molecular complexity index is 223. The molecule has 1 heterocycles. The standard InChI is InChI=1S/C15H29NO/c1-2-16-12-6-7-14(13-16)8-11-15(17)9-4-3-5-10-15/h14,17H,2-13H2,1H3. The van der Waals surface area contributed by atoms with Gasteiger partial charge in [0.2, 0.25) is 0 Å². The highest BCUT2D eigenvalue weighted by atomic mass is 16.3. The second kappa shape index (κ2) is 6.19. The molecule has 2 aliphatic rings. The predicted octanol–water partition coefficient (Wildman–Crippen LogP) is 3.19. The second-order valence-corrected chi connectivity index (χ2v) is 6.23. The van der Waals surface area contributed by atoms with E-state index in [1.54, 1.807) is 0 Å². The average Bonchev–Trinajstić information content (AvgIpc) is 2.38. The van der Waals surface area contributed by atoms with Gasteiger partial charge in [-0.3, -0.25) is 0 Å². The van der Waals surface area contributed by atoms with E-state index in [2.05, 4.69) is 11.8 Å². The minimum Gasteiger partial charge on any atom is -0.390 e. The van der Waals surface area contributed by atoms with Crippen molar-refractivity contribution in [1.82, 2.24) is 4.90 Å². The van der Waals surface area contributed by atoms with E-state index in [-0.39, 0.29) is 5.60 Å². The Hall–Kier alpha value is -0.0800. The van der Waals surface area contributed by atoms with E-state index in [4.69, 9.17) is 0 Å². The lowest BCUT2D eigenvalue weighted by Gasteiger charge is -2.36. The molecule has 0 spiro atoms. The van der Waals surface area contributed by atoms with Gasteiger partial charge in [0.25, 0.3) is 0 Å². The van der Waals surface area contributed by atoms with Crippen LogP contribution in [0.25, 0.3) is 0 Å². The molecule has 1 saturated heterocycles. The van der Waals surface area contributed by atoms with E-state index < -0.39 is 0 Å². The van der Waals surface area contributed by atoms with Gasteiger partial charge in [0.05, 0.1) is 5.60 Å². The fraction of sp³-hybridized carbons (Fsp3) is 1.00. The summed E-state index contributed by atoms with van der Waals surface area (Å²) in [5, 5.41) is 10.5. The van der Waals surface area contributed by atoms with E-state index in [9.17, 15) is 5.11 Å². The molecule has 0 aromatic carbocycles. The molecule has 2 fully saturated rings. The summed E-state index contributed by atoms with van der Waals surface area (Å²) >= 11 is 0. The molecule has 1 atom stereocenters. The first-order valence-corrected chi connectivity index (χ1v) is 7.66. The summed E-state index contributed by atoms with van der Waals surface area (Å²) in [7, 11) is 0. The number of rotatable bonds is 4. The summed E-state index contributed by atoms with van der Waals surface area (Å²) in [6, 6.07) is 0. The average molecular weight is 239 g/mol. The summed E-state index contributed by atoms with van der Waals surface area (Å²) in [5.41, 5.74) is -0.299. The van der Waals surface area contributed by atoms with Crippen LogP contribution in [0.3, 0.4) is 0 Å². The highest BCUT2D eigenvalue weighted by Crippen LogP contribution is 2.34. The molecule has 1 aliphatic heterocycles. The third-order valence-electron chi connectivity index (χ3n) is 4.85. The maximum absolute atomic E-state index is 10.5. The summed E-state index contributed by atoms with van der Waals surface area (Å²) in [5.74, 6) is 0.842. The molecule has 100 valence electrons. The Morgan fingerprint density at radius 1 is 1.18 bits per heavy atom. The molecular weight excluding hydrogens is 210 g/mol. The molecule has 0 amide bonds. The Morgan fingerprint density at radius 2 is 1.94 bits per heavy atom. The lowest BCUT2D eigenvalue weighted by atomic mass is 9.79. The van der Waals surface area contributed by atoms with Gasteiger partial charge in [-0.1, -0.05) is 26.2 Å². The van der Waals surface area contributed by atoms with E-state index in [1.807, 2.05) is 0 Å². The zero-order valence-corrected chi connectivity index (χ0v) is 11.5. The zero-order valence-electron chi connectivity index (χ0n) is 11.5. The molecule has 1 N–H and O–H groups in total. The van der Waals surface area contributed by atoms with Crippen LogP contribution in [0.1, 0.15) is 64.7 Å². The van der Waals surface area contributed by atoms with Gasteiger partial charge in [-0.2, -0.15) is 0 Å². The molecule has 0 aromatic heterocycles. The topological polar surface area (TPSA) is 23.5 Å². The number of hydrogen-bond acceptors (Lipinski definition) is 2. The van der Waals surface area contributed by atoms with Crippen molar-refractivity contribution in [2.75, 3.05) is 19.6 Å². The van der Waals surface area contributed by atoms with Crippen LogP contribution in [0.4, 0.5) is 0 Å². The Labute approximate surface area is 106 Å². The third-order valence-corrected chi connectivity index (χ3v) is 4.85. The molecule has 0 aromatic rings. The largest absolute Gasteiger partial charge is 0.390 e. The molecule has 17 heavy (non-hydrogen) atoms. The lowest BCUT2D eigenvalue weighted by Crippen LogP contribution is -2.37. The van der Waals surface area contributed by atoms with Crippen molar-refractivity contribution in [3.8, 4) is 0 Å². The van der Waals surface area contributed by atoms with Gasteiger partial charge in [0, 0.05) is 6.54 Å². The maximum Gasteiger partial charge on any atom is 0.0648 e. The molecule has 2 heteroatoms. The van der Waals surface area contributed by atoms with Gasteiger partial charge in [0.1, 0.15) is 0 Å². The summed E-state index contributed by atoms with van der Waals surface area (Å²) in [6.45, 7) is 6.02. The first-order valence-electron chi connectivity index (χ1n) is 7.66. The van der Waals surface area contributed by atoms with Crippen molar-refractivity contribution in [3.05, 3.63) is 0 Å². The number of piperidine rings is 1. The Kier molecular flexibility index (Phi) is 4.87. The quantitative estimate of drug-likeness (QED) is 0.814. The third kappa shape index (κ3) is 3.96. The predicted molar refractivity (Wildman–Crippen MR) is 72.1 cm³/mol. The number of likely N-dealkylation sites (tertiary alicyclic amines) is 1. The molecular formula is C15H29NO. The number of hydrogen-bond donors (Lipinski definition) is 1. The molecule has 1 unspecified atom stereocenters. The van der Waals surface area contributed by atoms with E-state index in [1.165, 1.54) is 58.2 Å². The number of nitrogens with zero attached hydrogens (tertiary/aromatic N) is 1.